The third-order valence-corrected chi connectivity index (χ3v) is 5.36. The zero-order valence-electron chi connectivity index (χ0n) is 12.5. The molecule has 0 spiro atoms. The largest absolute Gasteiger partial charge is 0.361 e. The fourth-order valence-electron chi connectivity index (χ4n) is 3.07. The molecule has 0 radical (unpaired) electrons. The molecule has 2 N–H and O–H groups in total. The highest BCUT2D eigenvalue weighted by Crippen LogP contribution is 2.51. The highest BCUT2D eigenvalue weighted by atomic mass is 35.5. The van der Waals surface area contributed by atoms with Crippen molar-refractivity contribution in [1.29, 1.82) is 0 Å². The lowest BCUT2D eigenvalue weighted by molar-refractivity contribution is -0.118. The van der Waals surface area contributed by atoms with E-state index in [2.05, 4.69) is 10.3 Å². The monoisotopic (exact) mass is 362 g/mol. The predicted octanol–water partition coefficient (Wildman–Crippen LogP) is 5.28. The molecule has 1 aromatic heterocycles. The molecule has 0 unspecified atom stereocenters. The number of anilines is 1. The van der Waals surface area contributed by atoms with Gasteiger partial charge in [0, 0.05) is 17.1 Å². The smallest absolute Gasteiger partial charge is 0.235 e. The number of hydrogen-bond donors (Lipinski definition) is 2. The number of halogens is 3. The van der Waals surface area contributed by atoms with Crippen molar-refractivity contribution < 1.29 is 9.18 Å². The Morgan fingerprint density at radius 2 is 2.00 bits per heavy atom. The first kappa shape index (κ1) is 15.5. The number of aromatic amines is 1. The van der Waals surface area contributed by atoms with Crippen LogP contribution in [-0.4, -0.2) is 10.9 Å². The van der Waals surface area contributed by atoms with E-state index < -0.39 is 5.41 Å². The maximum absolute atomic E-state index is 13.6. The molecule has 6 heteroatoms. The molecule has 0 saturated heterocycles. The summed E-state index contributed by atoms with van der Waals surface area (Å²) < 4.78 is 13.6. The minimum Gasteiger partial charge on any atom is -0.361 e. The number of rotatable bonds is 3. The minimum absolute atomic E-state index is 0.156. The molecule has 3 aromatic rings. The standard InChI is InChI=1S/C18H13Cl2FN2O/c19-13-2-1-3-15(16(13)20)23-17(24)18(6-7-18)12-9-22-14-5-4-10(21)8-11(12)14/h1-5,8-9,22H,6-7H2,(H,23,24). The van der Waals surface area contributed by atoms with E-state index >= 15 is 0 Å². The third-order valence-electron chi connectivity index (χ3n) is 4.54. The first-order valence-corrected chi connectivity index (χ1v) is 8.29. The van der Waals surface area contributed by atoms with E-state index in [1.165, 1.54) is 12.1 Å². The molecule has 4 rings (SSSR count). The van der Waals surface area contributed by atoms with E-state index in [1.54, 1.807) is 30.5 Å². The lowest BCUT2D eigenvalue weighted by atomic mass is 9.94. The van der Waals surface area contributed by atoms with E-state index in [4.69, 9.17) is 23.2 Å². The van der Waals surface area contributed by atoms with Gasteiger partial charge in [0.1, 0.15) is 5.82 Å². The average molecular weight is 363 g/mol. The summed E-state index contributed by atoms with van der Waals surface area (Å²) >= 11 is 12.1. The average Bonchev–Trinajstić information content (AvgIpc) is 3.26. The van der Waals surface area contributed by atoms with Gasteiger partial charge in [-0.3, -0.25) is 4.79 Å². The zero-order valence-corrected chi connectivity index (χ0v) is 14.0. The van der Waals surface area contributed by atoms with Crippen LogP contribution in [0.3, 0.4) is 0 Å². The Balaban J connectivity index is 1.71. The van der Waals surface area contributed by atoms with Crippen molar-refractivity contribution in [3.8, 4) is 0 Å². The van der Waals surface area contributed by atoms with Crippen LogP contribution < -0.4 is 5.32 Å². The van der Waals surface area contributed by atoms with Crippen molar-refractivity contribution in [2.24, 2.45) is 0 Å². The van der Waals surface area contributed by atoms with Crippen LogP contribution in [0, 0.1) is 5.82 Å². The number of carbonyl (C=O) groups excluding carboxylic acids is 1. The van der Waals surface area contributed by atoms with Crippen molar-refractivity contribution in [2.75, 3.05) is 5.32 Å². The second-order valence-corrected chi connectivity index (χ2v) is 6.82. The maximum atomic E-state index is 13.6. The van der Waals surface area contributed by atoms with Crippen molar-refractivity contribution in [3.63, 3.8) is 0 Å². The van der Waals surface area contributed by atoms with Gasteiger partial charge in [-0.1, -0.05) is 29.3 Å². The quantitative estimate of drug-likeness (QED) is 0.653. The molecular formula is C18H13Cl2FN2O. The lowest BCUT2D eigenvalue weighted by Crippen LogP contribution is -2.27. The van der Waals surface area contributed by atoms with Crippen LogP contribution in [0.5, 0.6) is 0 Å². The van der Waals surface area contributed by atoms with Gasteiger partial charge in [-0.15, -0.1) is 0 Å². The van der Waals surface area contributed by atoms with Crippen LogP contribution in [0.4, 0.5) is 10.1 Å². The number of carbonyl (C=O) groups is 1. The summed E-state index contributed by atoms with van der Waals surface area (Å²) in [6, 6.07) is 9.63. The van der Waals surface area contributed by atoms with E-state index in [-0.39, 0.29) is 11.7 Å². The number of benzene rings is 2. The van der Waals surface area contributed by atoms with Gasteiger partial charge in [0.25, 0.3) is 0 Å². The number of fused-ring (bicyclic) bond motifs is 1. The second kappa shape index (κ2) is 5.50. The molecule has 1 amide bonds. The number of amides is 1. The van der Waals surface area contributed by atoms with Gasteiger partial charge in [-0.2, -0.15) is 0 Å². The van der Waals surface area contributed by atoms with Gasteiger partial charge in [0.05, 0.1) is 21.1 Å². The summed E-state index contributed by atoms with van der Waals surface area (Å²) in [7, 11) is 0. The summed E-state index contributed by atoms with van der Waals surface area (Å²) in [6.45, 7) is 0. The molecule has 1 saturated carbocycles. The van der Waals surface area contributed by atoms with Gasteiger partial charge in [0.2, 0.25) is 5.91 Å². The van der Waals surface area contributed by atoms with Gasteiger partial charge >= 0.3 is 0 Å². The lowest BCUT2D eigenvalue weighted by Gasteiger charge is -2.16. The predicted molar refractivity (Wildman–Crippen MR) is 94.3 cm³/mol. The fourth-order valence-corrected chi connectivity index (χ4v) is 3.42. The van der Waals surface area contributed by atoms with Crippen LogP contribution in [0.2, 0.25) is 10.0 Å². The van der Waals surface area contributed by atoms with Crippen LogP contribution in [0.25, 0.3) is 10.9 Å². The number of hydrogen-bond acceptors (Lipinski definition) is 1. The third kappa shape index (κ3) is 2.38. The Morgan fingerprint density at radius 1 is 1.21 bits per heavy atom. The van der Waals surface area contributed by atoms with E-state index in [0.29, 0.717) is 28.6 Å². The first-order valence-electron chi connectivity index (χ1n) is 7.54. The molecule has 122 valence electrons. The molecule has 0 aliphatic heterocycles. The summed E-state index contributed by atoms with van der Waals surface area (Å²) in [5.74, 6) is -0.478. The highest BCUT2D eigenvalue weighted by Gasteiger charge is 2.52. The van der Waals surface area contributed by atoms with E-state index in [0.717, 1.165) is 16.5 Å². The Bertz CT molecular complexity index is 963. The molecule has 2 aromatic carbocycles. The van der Waals surface area contributed by atoms with Gasteiger partial charge in [-0.05, 0) is 48.7 Å². The van der Waals surface area contributed by atoms with Crippen molar-refractivity contribution >= 4 is 45.7 Å². The van der Waals surface area contributed by atoms with E-state index in [9.17, 15) is 9.18 Å². The molecule has 24 heavy (non-hydrogen) atoms. The number of aromatic nitrogens is 1. The minimum atomic E-state index is -0.655. The van der Waals surface area contributed by atoms with Crippen LogP contribution in [0.1, 0.15) is 18.4 Å². The molecule has 1 heterocycles. The SMILES string of the molecule is O=C(Nc1cccc(Cl)c1Cl)C1(c2c[nH]c3ccc(F)cc23)CC1. The Kier molecular flexibility index (Phi) is 3.55. The van der Waals surface area contributed by atoms with Crippen molar-refractivity contribution in [1.82, 2.24) is 4.98 Å². The van der Waals surface area contributed by atoms with Crippen LogP contribution >= 0.6 is 23.2 Å². The molecule has 1 fully saturated rings. The van der Waals surface area contributed by atoms with Crippen LogP contribution in [-0.2, 0) is 10.2 Å². The maximum Gasteiger partial charge on any atom is 0.235 e. The summed E-state index contributed by atoms with van der Waals surface area (Å²) in [5, 5.41) is 4.29. The number of nitrogens with one attached hydrogen (secondary N) is 2. The van der Waals surface area contributed by atoms with Gasteiger partial charge in [0.15, 0.2) is 0 Å². The molecule has 0 bridgehead atoms. The van der Waals surface area contributed by atoms with Crippen LogP contribution in [0.15, 0.2) is 42.6 Å². The summed E-state index contributed by atoms with van der Waals surface area (Å²) in [4.78, 5) is 16.0. The Morgan fingerprint density at radius 3 is 2.75 bits per heavy atom. The molecule has 1 aliphatic carbocycles. The van der Waals surface area contributed by atoms with Crippen molar-refractivity contribution in [2.45, 2.75) is 18.3 Å². The van der Waals surface area contributed by atoms with Crippen molar-refractivity contribution in [3.05, 3.63) is 64.0 Å². The molecule has 3 nitrogen and oxygen atoms in total. The summed E-state index contributed by atoms with van der Waals surface area (Å²) in [5.41, 5.74) is 1.45. The first-order chi connectivity index (χ1) is 11.5. The molecule has 1 aliphatic rings. The Hall–Kier alpha value is -2.04. The molecular weight excluding hydrogens is 350 g/mol. The zero-order chi connectivity index (χ0) is 16.9. The molecule has 0 atom stereocenters. The van der Waals surface area contributed by atoms with E-state index in [1.807, 2.05) is 0 Å². The topological polar surface area (TPSA) is 44.9 Å². The van der Waals surface area contributed by atoms with Gasteiger partial charge < -0.3 is 10.3 Å². The van der Waals surface area contributed by atoms with Gasteiger partial charge in [-0.25, -0.2) is 4.39 Å². The highest BCUT2D eigenvalue weighted by molar-refractivity contribution is 6.44. The Labute approximate surface area is 147 Å². The second-order valence-electron chi connectivity index (χ2n) is 6.03. The number of H-pyrrole nitrogens is 1. The normalized spacial score (nSPS) is 15.5. The summed E-state index contributed by atoms with van der Waals surface area (Å²) in [6.07, 6.45) is 3.21. The fraction of sp³-hybridized carbons (Fsp3) is 0.167.